The number of aromatic nitrogens is 2. The van der Waals surface area contributed by atoms with Gasteiger partial charge in [0.2, 0.25) is 5.91 Å². The Bertz CT molecular complexity index is 670. The van der Waals surface area contributed by atoms with Gasteiger partial charge in [0.1, 0.15) is 0 Å². The minimum Gasteiger partial charge on any atom is -0.340 e. The molecule has 1 N–H and O–H groups in total. The molecule has 1 amide bonds. The maximum Gasteiger partial charge on any atom is 0.239 e. The summed E-state index contributed by atoms with van der Waals surface area (Å²) < 4.78 is 2.06. The van der Waals surface area contributed by atoms with Gasteiger partial charge in [0.25, 0.3) is 0 Å². The molecule has 2 saturated heterocycles. The molecule has 1 spiro atoms. The predicted molar refractivity (Wildman–Crippen MR) is 119 cm³/mol. The number of piperidine rings is 1. The minimum absolute atomic E-state index is 0. The molecule has 162 valence electrons. The van der Waals surface area contributed by atoms with Crippen LogP contribution in [-0.4, -0.2) is 65.3 Å². The van der Waals surface area contributed by atoms with Crippen LogP contribution in [0.3, 0.4) is 0 Å². The second-order valence-corrected chi connectivity index (χ2v) is 8.77. The molecular formula is C20H37Cl2N5O. The van der Waals surface area contributed by atoms with E-state index in [1.54, 1.807) is 0 Å². The van der Waals surface area contributed by atoms with Crippen molar-refractivity contribution in [2.45, 2.75) is 65.6 Å². The van der Waals surface area contributed by atoms with Crippen molar-refractivity contribution in [2.24, 2.45) is 5.41 Å². The zero-order valence-corrected chi connectivity index (χ0v) is 19.8. The summed E-state index contributed by atoms with van der Waals surface area (Å²) in [4.78, 5) is 17.4. The Morgan fingerprint density at radius 2 is 1.89 bits per heavy atom. The molecule has 0 saturated carbocycles. The second-order valence-electron chi connectivity index (χ2n) is 8.77. The predicted octanol–water partition coefficient (Wildman–Crippen LogP) is 2.96. The van der Waals surface area contributed by atoms with E-state index in [1.165, 1.54) is 24.1 Å². The van der Waals surface area contributed by atoms with Crippen LogP contribution in [0.5, 0.6) is 0 Å². The Hall–Kier alpha value is -0.820. The molecule has 3 rings (SSSR count). The topological polar surface area (TPSA) is 53.4 Å². The van der Waals surface area contributed by atoms with E-state index >= 15 is 0 Å². The lowest BCUT2D eigenvalue weighted by molar-refractivity contribution is -0.134. The first kappa shape index (κ1) is 25.2. The third-order valence-electron chi connectivity index (χ3n) is 6.43. The van der Waals surface area contributed by atoms with Gasteiger partial charge >= 0.3 is 0 Å². The fourth-order valence-corrected chi connectivity index (χ4v) is 4.86. The van der Waals surface area contributed by atoms with Crippen LogP contribution < -0.4 is 5.32 Å². The van der Waals surface area contributed by atoms with Crippen molar-refractivity contribution in [3.8, 4) is 0 Å². The highest BCUT2D eigenvalue weighted by molar-refractivity contribution is 5.85. The van der Waals surface area contributed by atoms with Crippen LogP contribution in [0.15, 0.2) is 0 Å². The van der Waals surface area contributed by atoms with E-state index in [4.69, 9.17) is 0 Å². The second kappa shape index (κ2) is 9.79. The summed E-state index contributed by atoms with van der Waals surface area (Å²) in [6.07, 6.45) is 3.37. The van der Waals surface area contributed by atoms with E-state index in [1.807, 2.05) is 18.9 Å². The number of hydrogen-bond donors (Lipinski definition) is 1. The maximum absolute atomic E-state index is 13.2. The van der Waals surface area contributed by atoms with Crippen molar-refractivity contribution < 1.29 is 4.79 Å². The van der Waals surface area contributed by atoms with Crippen LogP contribution in [0.1, 0.15) is 56.1 Å². The number of likely N-dealkylation sites (tertiary alicyclic amines) is 1. The number of aryl methyl sites for hydroxylation is 1. The van der Waals surface area contributed by atoms with Crippen LogP contribution in [0.2, 0.25) is 0 Å². The summed E-state index contributed by atoms with van der Waals surface area (Å²) in [5.41, 5.74) is 3.72. The van der Waals surface area contributed by atoms with Gasteiger partial charge < -0.3 is 10.2 Å². The first-order valence-corrected chi connectivity index (χ1v) is 9.94. The summed E-state index contributed by atoms with van der Waals surface area (Å²) in [6, 6.07) is 0.350. The van der Waals surface area contributed by atoms with E-state index in [2.05, 4.69) is 47.8 Å². The van der Waals surface area contributed by atoms with Gasteiger partial charge in [-0.1, -0.05) is 0 Å². The number of likely N-dealkylation sites (N-methyl/N-ethyl adjacent to an activating group) is 2. The maximum atomic E-state index is 13.2. The highest BCUT2D eigenvalue weighted by Gasteiger charge is 2.46. The smallest absolute Gasteiger partial charge is 0.239 e. The van der Waals surface area contributed by atoms with E-state index in [0.29, 0.717) is 18.0 Å². The molecule has 0 aliphatic carbocycles. The largest absolute Gasteiger partial charge is 0.340 e. The quantitative estimate of drug-likeness (QED) is 0.792. The number of hydrogen-bond acceptors (Lipinski definition) is 4. The summed E-state index contributed by atoms with van der Waals surface area (Å²) in [6.45, 7) is 12.3. The van der Waals surface area contributed by atoms with Crippen molar-refractivity contribution in [1.82, 2.24) is 24.9 Å². The van der Waals surface area contributed by atoms with Crippen LogP contribution in [0, 0.1) is 19.3 Å². The van der Waals surface area contributed by atoms with Crippen molar-refractivity contribution in [2.75, 3.05) is 33.7 Å². The van der Waals surface area contributed by atoms with Crippen LogP contribution >= 0.6 is 24.8 Å². The standard InChI is InChI=1S/C20H35N5O.2ClH/c1-14(2)25-16(4)17(15(3)22-25)12-23(5)19(26)18-11-20(13-24(18)6)7-9-21-10-8-20;;/h14,18,21H,7-13H2,1-6H3;2*1H. The van der Waals surface area contributed by atoms with Crippen LogP contribution in [0.25, 0.3) is 0 Å². The molecule has 2 aliphatic heterocycles. The highest BCUT2D eigenvalue weighted by Crippen LogP contribution is 2.41. The van der Waals surface area contributed by atoms with Crippen molar-refractivity contribution >= 4 is 30.7 Å². The number of halogens is 2. The van der Waals surface area contributed by atoms with Gasteiger partial charge in [0, 0.05) is 37.4 Å². The zero-order valence-electron chi connectivity index (χ0n) is 18.1. The third-order valence-corrected chi connectivity index (χ3v) is 6.43. The molecule has 0 bridgehead atoms. The van der Waals surface area contributed by atoms with Crippen molar-refractivity contribution in [3.63, 3.8) is 0 Å². The van der Waals surface area contributed by atoms with Gasteiger partial charge in [-0.2, -0.15) is 5.10 Å². The number of rotatable bonds is 4. The fraction of sp³-hybridized carbons (Fsp3) is 0.800. The average Bonchev–Trinajstić information content (AvgIpc) is 3.05. The molecule has 1 aromatic heterocycles. The average molecular weight is 434 g/mol. The lowest BCUT2D eigenvalue weighted by Gasteiger charge is -2.33. The molecule has 0 aromatic carbocycles. The zero-order chi connectivity index (χ0) is 19.1. The first-order valence-electron chi connectivity index (χ1n) is 9.94. The summed E-state index contributed by atoms with van der Waals surface area (Å²) in [5.74, 6) is 0.249. The minimum atomic E-state index is 0. The molecular weight excluding hydrogens is 397 g/mol. The molecule has 1 aromatic rings. The molecule has 8 heteroatoms. The first-order chi connectivity index (χ1) is 12.2. The van der Waals surface area contributed by atoms with Gasteiger partial charge in [-0.3, -0.25) is 14.4 Å². The number of amides is 1. The van der Waals surface area contributed by atoms with E-state index in [-0.39, 0.29) is 36.8 Å². The van der Waals surface area contributed by atoms with Gasteiger partial charge in [-0.15, -0.1) is 24.8 Å². The Balaban J connectivity index is 0.00000196. The summed E-state index contributed by atoms with van der Waals surface area (Å²) in [5, 5.41) is 8.12. The van der Waals surface area contributed by atoms with Gasteiger partial charge in [0.05, 0.1) is 11.7 Å². The summed E-state index contributed by atoms with van der Waals surface area (Å²) >= 11 is 0. The molecule has 1 unspecified atom stereocenters. The lowest BCUT2D eigenvalue weighted by atomic mass is 9.77. The van der Waals surface area contributed by atoms with E-state index in [9.17, 15) is 4.79 Å². The molecule has 1 atom stereocenters. The molecule has 0 radical (unpaired) electrons. The molecule has 6 nitrogen and oxygen atoms in total. The normalized spacial score (nSPS) is 21.5. The Kier molecular flexibility index (Phi) is 8.82. The third kappa shape index (κ3) is 4.84. The SMILES string of the molecule is Cc1nn(C(C)C)c(C)c1CN(C)C(=O)C1CC2(CCNCC2)CN1C.Cl.Cl. The molecule has 2 fully saturated rings. The van der Waals surface area contributed by atoms with E-state index in [0.717, 1.165) is 31.7 Å². The Morgan fingerprint density at radius 3 is 2.43 bits per heavy atom. The molecule has 3 heterocycles. The fourth-order valence-electron chi connectivity index (χ4n) is 4.86. The Morgan fingerprint density at radius 1 is 1.29 bits per heavy atom. The number of carbonyl (C=O) groups excluding carboxylic acids is 1. The van der Waals surface area contributed by atoms with Crippen LogP contribution in [0.4, 0.5) is 0 Å². The number of carbonyl (C=O) groups is 1. The number of nitrogens with one attached hydrogen (secondary N) is 1. The summed E-state index contributed by atoms with van der Waals surface area (Å²) in [7, 11) is 4.05. The van der Waals surface area contributed by atoms with Crippen molar-refractivity contribution in [3.05, 3.63) is 17.0 Å². The highest BCUT2D eigenvalue weighted by atomic mass is 35.5. The van der Waals surface area contributed by atoms with E-state index < -0.39 is 0 Å². The molecule has 28 heavy (non-hydrogen) atoms. The lowest BCUT2D eigenvalue weighted by Crippen LogP contribution is -2.42. The number of nitrogens with zero attached hydrogens (tertiary/aromatic N) is 4. The van der Waals surface area contributed by atoms with Gasteiger partial charge in [-0.05, 0) is 72.5 Å². The monoisotopic (exact) mass is 433 g/mol. The Labute approximate surface area is 182 Å². The van der Waals surface area contributed by atoms with Crippen molar-refractivity contribution in [1.29, 1.82) is 0 Å². The van der Waals surface area contributed by atoms with Gasteiger partial charge in [-0.25, -0.2) is 0 Å². The van der Waals surface area contributed by atoms with Gasteiger partial charge in [0.15, 0.2) is 0 Å². The van der Waals surface area contributed by atoms with Crippen LogP contribution in [-0.2, 0) is 11.3 Å². The molecule has 2 aliphatic rings.